The number of carbonyl (C=O) groups is 1. The Labute approximate surface area is 167 Å². The second-order valence-corrected chi connectivity index (χ2v) is 8.38. The second kappa shape index (κ2) is 10.1. The number of ether oxygens (including phenoxy) is 1. The van der Waals surface area contributed by atoms with E-state index in [1.54, 1.807) is 11.3 Å². The van der Waals surface area contributed by atoms with E-state index in [0.29, 0.717) is 32.0 Å². The number of rotatable bonds is 9. The van der Waals surface area contributed by atoms with Crippen LogP contribution in [0.15, 0.2) is 46.3 Å². The summed E-state index contributed by atoms with van der Waals surface area (Å²) in [4.78, 5) is 16.0. The van der Waals surface area contributed by atoms with Gasteiger partial charge >= 0.3 is 0 Å². The fraction of sp³-hybridized carbons (Fsp3) is 0.450. The molecular weight excluding hydrogens is 412 g/mol. The maximum absolute atomic E-state index is 12.2. The summed E-state index contributed by atoms with van der Waals surface area (Å²) >= 11 is 5.20. The van der Waals surface area contributed by atoms with E-state index >= 15 is 0 Å². The van der Waals surface area contributed by atoms with Crippen LogP contribution in [-0.2, 0) is 4.79 Å². The first-order valence-corrected chi connectivity index (χ1v) is 10.8. The number of likely N-dealkylation sites (tertiary alicyclic amines) is 1. The third-order valence-corrected chi connectivity index (χ3v) is 6.03. The van der Waals surface area contributed by atoms with Crippen molar-refractivity contribution < 1.29 is 9.53 Å². The lowest BCUT2D eigenvalue weighted by molar-refractivity contribution is -0.121. The minimum Gasteiger partial charge on any atom is -0.494 e. The molecule has 4 nitrogen and oxygen atoms in total. The highest BCUT2D eigenvalue weighted by atomic mass is 79.9. The molecule has 0 saturated carbocycles. The van der Waals surface area contributed by atoms with Crippen LogP contribution in [0, 0.1) is 0 Å². The summed E-state index contributed by atoms with van der Waals surface area (Å²) in [5.41, 5.74) is 0. The molecule has 1 fully saturated rings. The molecule has 3 rings (SSSR count). The van der Waals surface area contributed by atoms with Crippen LogP contribution in [0.3, 0.4) is 0 Å². The van der Waals surface area contributed by atoms with E-state index in [0.717, 1.165) is 23.3 Å². The van der Waals surface area contributed by atoms with Crippen molar-refractivity contribution in [3.8, 4) is 5.75 Å². The first-order chi connectivity index (χ1) is 12.7. The molecule has 1 aromatic heterocycles. The van der Waals surface area contributed by atoms with Gasteiger partial charge in [0.1, 0.15) is 5.75 Å². The van der Waals surface area contributed by atoms with E-state index in [-0.39, 0.29) is 5.91 Å². The Morgan fingerprint density at radius 1 is 1.27 bits per heavy atom. The highest BCUT2D eigenvalue weighted by Gasteiger charge is 2.24. The minimum absolute atomic E-state index is 0.101. The Morgan fingerprint density at radius 3 is 2.85 bits per heavy atom. The van der Waals surface area contributed by atoms with Gasteiger partial charge in [0, 0.05) is 22.3 Å². The highest BCUT2D eigenvalue weighted by molar-refractivity contribution is 9.10. The Kier molecular flexibility index (Phi) is 7.53. The highest BCUT2D eigenvalue weighted by Crippen LogP contribution is 2.27. The monoisotopic (exact) mass is 436 g/mol. The van der Waals surface area contributed by atoms with Crippen molar-refractivity contribution in [3.63, 3.8) is 0 Å². The predicted molar refractivity (Wildman–Crippen MR) is 110 cm³/mol. The number of amides is 1. The Bertz CT molecular complexity index is 687. The summed E-state index contributed by atoms with van der Waals surface area (Å²) in [6.45, 7) is 3.48. The van der Waals surface area contributed by atoms with Gasteiger partial charge in [0.15, 0.2) is 0 Å². The van der Waals surface area contributed by atoms with Gasteiger partial charge in [-0.25, -0.2) is 0 Å². The summed E-state index contributed by atoms with van der Waals surface area (Å²) in [7, 11) is 0. The lowest BCUT2D eigenvalue weighted by Crippen LogP contribution is -2.36. The Morgan fingerprint density at radius 2 is 2.12 bits per heavy atom. The van der Waals surface area contributed by atoms with Crippen LogP contribution >= 0.6 is 27.3 Å². The molecule has 2 heterocycles. The zero-order chi connectivity index (χ0) is 18.2. The molecular formula is C20H25BrN2O2S. The van der Waals surface area contributed by atoms with Crippen LogP contribution in [-0.4, -0.2) is 37.0 Å². The minimum atomic E-state index is 0.101. The summed E-state index contributed by atoms with van der Waals surface area (Å²) in [6.07, 6.45) is 3.71. The van der Waals surface area contributed by atoms with Crippen molar-refractivity contribution in [1.82, 2.24) is 10.2 Å². The van der Waals surface area contributed by atoms with Crippen LogP contribution in [0.25, 0.3) is 0 Å². The lowest BCUT2D eigenvalue weighted by atomic mass is 10.2. The van der Waals surface area contributed by atoms with Crippen molar-refractivity contribution in [2.75, 3.05) is 26.2 Å². The molecule has 6 heteroatoms. The molecule has 140 valence electrons. The molecule has 1 saturated heterocycles. The van der Waals surface area contributed by atoms with E-state index in [1.807, 2.05) is 24.3 Å². The standard InChI is InChI=1S/C20H25BrN2O2S/c21-16-6-3-7-17(14-16)25-12-4-9-20(24)22-15-18(19-8-5-13-26-19)23-10-1-2-11-23/h3,5-8,13-14,18H,1-2,4,9-12,15H2,(H,22,24). The van der Waals surface area contributed by atoms with Gasteiger partial charge in [-0.1, -0.05) is 28.1 Å². The van der Waals surface area contributed by atoms with Gasteiger partial charge in [0.2, 0.25) is 5.91 Å². The SMILES string of the molecule is O=C(CCCOc1cccc(Br)c1)NCC(c1cccs1)N1CCCC1. The molecule has 0 radical (unpaired) electrons. The smallest absolute Gasteiger partial charge is 0.220 e. The average molecular weight is 437 g/mol. The van der Waals surface area contributed by atoms with Gasteiger partial charge in [-0.2, -0.15) is 0 Å². The van der Waals surface area contributed by atoms with Crippen LogP contribution < -0.4 is 10.1 Å². The van der Waals surface area contributed by atoms with Gasteiger partial charge < -0.3 is 10.1 Å². The molecule has 26 heavy (non-hydrogen) atoms. The topological polar surface area (TPSA) is 41.6 Å². The molecule has 1 N–H and O–H groups in total. The largest absolute Gasteiger partial charge is 0.494 e. The van der Waals surface area contributed by atoms with Crippen LogP contribution in [0.1, 0.15) is 36.6 Å². The van der Waals surface area contributed by atoms with Crippen molar-refractivity contribution in [2.45, 2.75) is 31.7 Å². The first-order valence-electron chi connectivity index (χ1n) is 9.15. The molecule has 1 aliphatic rings. The third kappa shape index (κ3) is 5.83. The zero-order valence-electron chi connectivity index (χ0n) is 14.8. The molecule has 0 bridgehead atoms. The Hall–Kier alpha value is -1.37. The molecule has 0 aliphatic carbocycles. The number of hydrogen-bond acceptors (Lipinski definition) is 4. The second-order valence-electron chi connectivity index (χ2n) is 6.49. The molecule has 1 unspecified atom stereocenters. The van der Waals surface area contributed by atoms with Crippen LogP contribution in [0.5, 0.6) is 5.75 Å². The average Bonchev–Trinajstić information content (AvgIpc) is 3.33. The van der Waals surface area contributed by atoms with E-state index in [4.69, 9.17) is 4.74 Å². The van der Waals surface area contributed by atoms with Gasteiger partial charge in [0.05, 0.1) is 12.6 Å². The maximum Gasteiger partial charge on any atom is 0.220 e. The van der Waals surface area contributed by atoms with Crippen molar-refractivity contribution in [2.24, 2.45) is 0 Å². The van der Waals surface area contributed by atoms with Gasteiger partial charge in [0.25, 0.3) is 0 Å². The number of nitrogens with one attached hydrogen (secondary N) is 1. The van der Waals surface area contributed by atoms with Crippen LogP contribution in [0.4, 0.5) is 0 Å². The fourth-order valence-corrected chi connectivity index (χ4v) is 4.46. The lowest BCUT2D eigenvalue weighted by Gasteiger charge is -2.26. The molecule has 1 aromatic carbocycles. The third-order valence-electron chi connectivity index (χ3n) is 4.56. The van der Waals surface area contributed by atoms with E-state index < -0.39 is 0 Å². The molecule has 1 aliphatic heterocycles. The number of nitrogens with zero attached hydrogens (tertiary/aromatic N) is 1. The first kappa shape index (κ1) is 19.4. The number of benzene rings is 1. The zero-order valence-corrected chi connectivity index (χ0v) is 17.2. The number of thiophene rings is 1. The number of halogens is 1. The number of carbonyl (C=O) groups excluding carboxylic acids is 1. The molecule has 1 amide bonds. The maximum atomic E-state index is 12.2. The molecule has 1 atom stereocenters. The molecule has 2 aromatic rings. The summed E-state index contributed by atoms with van der Waals surface area (Å²) in [5.74, 6) is 0.926. The summed E-state index contributed by atoms with van der Waals surface area (Å²) in [6, 6.07) is 12.3. The van der Waals surface area contributed by atoms with Crippen LogP contribution in [0.2, 0.25) is 0 Å². The van der Waals surface area contributed by atoms with Gasteiger partial charge in [-0.15, -0.1) is 11.3 Å². The van der Waals surface area contributed by atoms with Gasteiger partial charge in [-0.3, -0.25) is 9.69 Å². The number of hydrogen-bond donors (Lipinski definition) is 1. The Balaban J connectivity index is 1.39. The normalized spacial score (nSPS) is 15.7. The van der Waals surface area contributed by atoms with E-state index in [2.05, 4.69) is 43.7 Å². The molecule has 0 spiro atoms. The quantitative estimate of drug-likeness (QED) is 0.582. The van der Waals surface area contributed by atoms with E-state index in [1.165, 1.54) is 17.7 Å². The van der Waals surface area contributed by atoms with Gasteiger partial charge in [-0.05, 0) is 62.0 Å². The summed E-state index contributed by atoms with van der Waals surface area (Å²) < 4.78 is 6.68. The van der Waals surface area contributed by atoms with Crippen molar-refractivity contribution in [1.29, 1.82) is 0 Å². The van der Waals surface area contributed by atoms with Crippen molar-refractivity contribution in [3.05, 3.63) is 51.1 Å². The summed E-state index contributed by atoms with van der Waals surface area (Å²) in [5, 5.41) is 5.23. The predicted octanol–water partition coefficient (Wildman–Crippen LogP) is 4.62. The fourth-order valence-electron chi connectivity index (χ4n) is 3.22. The van der Waals surface area contributed by atoms with E-state index in [9.17, 15) is 4.79 Å². The van der Waals surface area contributed by atoms with Crippen molar-refractivity contribution >= 4 is 33.2 Å².